The molecule has 0 heterocycles. The maximum atomic E-state index is 12.1. The van der Waals surface area contributed by atoms with Crippen LogP contribution in [0.25, 0.3) is 0 Å². The van der Waals surface area contributed by atoms with Crippen molar-refractivity contribution < 1.29 is 247 Å². The van der Waals surface area contributed by atoms with Crippen LogP contribution >= 0.6 is 0 Å². The largest absolute Gasteiger partial charge is 0.476 e. The van der Waals surface area contributed by atoms with Gasteiger partial charge < -0.3 is 0 Å². The van der Waals surface area contributed by atoms with Gasteiger partial charge in [0, 0.05) is 0 Å². The Morgan fingerprint density at radius 1 is 0.297 bits per heavy atom. The highest BCUT2D eigenvalue weighted by Crippen LogP contribution is 2.46. The molecule has 0 amide bonds. The molecule has 91 heavy (non-hydrogen) atoms. The van der Waals surface area contributed by atoms with Gasteiger partial charge in [0.05, 0.1) is 55.4 Å². The summed E-state index contributed by atoms with van der Waals surface area (Å²) in [6.07, 6.45) is -35.2. The van der Waals surface area contributed by atoms with Gasteiger partial charge in [0.2, 0.25) is 0 Å². The molecule has 0 rings (SSSR count). The Bertz CT molecular complexity index is 1680. The van der Waals surface area contributed by atoms with E-state index in [-0.39, 0.29) is 26.7 Å². The summed E-state index contributed by atoms with van der Waals surface area (Å²) in [6.45, 7) is -13.1. The molecule has 0 fully saturated rings. The van der Waals surface area contributed by atoms with E-state index in [2.05, 4.69) is 18.9 Å². The second-order valence-corrected chi connectivity index (χ2v) is 13.0. The molecular formula is C30H50F44O13S4. The molecule has 0 aromatic carbocycles. The van der Waals surface area contributed by atoms with Crippen LogP contribution in [0.1, 0.15) is 34.1 Å². The Kier molecular flexibility index (Phi) is 107. The highest BCUT2D eigenvalue weighted by atomic mass is 32.3. The fourth-order valence-electron chi connectivity index (χ4n) is 1.23. The van der Waals surface area contributed by atoms with Crippen molar-refractivity contribution >= 4 is 42.4 Å². The van der Waals surface area contributed by atoms with Crippen LogP contribution in [0.2, 0.25) is 0 Å². The zero-order valence-electron chi connectivity index (χ0n) is 45.3. The maximum absolute atomic E-state index is 12.1. The van der Waals surface area contributed by atoms with E-state index in [4.69, 9.17) is 33.7 Å². The highest BCUT2D eigenvalue weighted by Gasteiger charge is 2.73. The lowest BCUT2D eigenvalue weighted by atomic mass is 10.2. The summed E-state index contributed by atoms with van der Waals surface area (Å²) < 4.78 is 555. The van der Waals surface area contributed by atoms with Gasteiger partial charge in [-0.15, -0.1) is 4.94 Å². The summed E-state index contributed by atoms with van der Waals surface area (Å²) in [5, 5.41) is 0. The predicted molar refractivity (Wildman–Crippen MR) is 224 cm³/mol. The Labute approximate surface area is 487 Å². The van der Waals surface area contributed by atoms with E-state index in [1.165, 1.54) is 27.7 Å². The van der Waals surface area contributed by atoms with Gasteiger partial charge in [-0.2, -0.15) is 117 Å². The van der Waals surface area contributed by atoms with Gasteiger partial charge >= 0.3 is 97.1 Å². The van der Waals surface area contributed by atoms with Crippen LogP contribution in [0.3, 0.4) is 0 Å². The van der Waals surface area contributed by atoms with Gasteiger partial charge in [-0.1, -0.05) is 31.1 Å². The third kappa shape index (κ3) is 193. The summed E-state index contributed by atoms with van der Waals surface area (Å²) in [4.78, 5) is 1.88. The Hall–Kier alpha value is -3.48. The fraction of sp³-hybridized carbons (Fsp3) is 1.00. The monoisotopic (exact) mass is 1580 g/mol. The average molecular weight is 1580 g/mol. The summed E-state index contributed by atoms with van der Waals surface area (Å²) in [5.74, 6) is -11.7. The molecule has 0 bridgehead atoms. The zero-order chi connectivity index (χ0) is 79.2. The molecule has 61 heteroatoms. The van der Waals surface area contributed by atoms with Crippen LogP contribution in [0.15, 0.2) is 0 Å². The topological polar surface area (TPSA) is 183 Å². The molecule has 0 aromatic heterocycles. The van der Waals surface area contributed by atoms with Gasteiger partial charge in [0.1, 0.15) is 6.42 Å². The standard InChI is InChI=1S/C5H4F8O.2C4H4F6O.C3H4F4O.C2H2F4O.4C2H5F.4CH3F.4F2O2S/c6-1-3(8,9)4(10,11)5(12,13)14-2-7;5-1-3(7,8)11-4(9,10)2-6;5-2-11-4(9,10)1-3(6,7)8;4-1-3(6,7)8-2-5;3-1-2(4,5)7-6;4*1-2-3;4*1-2;4*1-5(2,3)4/h1-2H2;2*1-2H2;1-2H2;1H2;4*2H2,1H3;4*1H3;;;;. The Morgan fingerprint density at radius 2 is 0.473 bits per heavy atom. The van der Waals surface area contributed by atoms with Gasteiger partial charge in [0.25, 0.3) is 0 Å². The van der Waals surface area contributed by atoms with E-state index >= 15 is 0 Å². The van der Waals surface area contributed by atoms with Gasteiger partial charge in [-0.05, 0) is 32.2 Å². The molecule has 0 saturated carbocycles. The van der Waals surface area contributed by atoms with Crippen molar-refractivity contribution in [2.24, 2.45) is 0 Å². The Balaban J connectivity index is -0.0000000442. The predicted octanol–water partition coefficient (Wildman–Crippen LogP) is 17.2. The smallest absolute Gasteiger partial charge is 0.288 e. The number of alkyl halides is 35. The normalized spacial score (nSPS) is 11.1. The van der Waals surface area contributed by atoms with Crippen molar-refractivity contribution in [1.82, 2.24) is 0 Å². The lowest BCUT2D eigenvalue weighted by Gasteiger charge is -2.29. The van der Waals surface area contributed by atoms with Crippen LogP contribution in [-0.2, 0) is 66.3 Å². The van der Waals surface area contributed by atoms with Crippen molar-refractivity contribution in [3.63, 3.8) is 0 Å². The molecule has 0 N–H and O–H groups in total. The van der Waals surface area contributed by atoms with Crippen LogP contribution in [0, 0.1) is 0 Å². The van der Waals surface area contributed by atoms with Crippen molar-refractivity contribution in [3.8, 4) is 0 Å². The van der Waals surface area contributed by atoms with Crippen LogP contribution in [0.4, 0.5) is 189 Å². The molecular weight excluding hydrogens is 1530 g/mol. The van der Waals surface area contributed by atoms with E-state index in [9.17, 15) is 189 Å². The van der Waals surface area contributed by atoms with Crippen molar-refractivity contribution in [2.45, 2.75) is 88.8 Å². The number of rotatable bonds is 17. The first kappa shape index (κ1) is 132. The number of hydrogen-bond acceptors (Lipinski definition) is 13. The van der Waals surface area contributed by atoms with E-state index in [1.54, 1.807) is 0 Å². The third-order valence-electron chi connectivity index (χ3n) is 3.20. The first-order valence-electron chi connectivity index (χ1n) is 18.9. The van der Waals surface area contributed by atoms with Crippen LogP contribution in [-0.4, -0.2) is 198 Å². The molecule has 0 aliphatic carbocycles. The molecule has 0 saturated heterocycles. The minimum absolute atomic E-state index is 0.250. The molecule has 0 spiro atoms. The van der Waals surface area contributed by atoms with Gasteiger partial charge in [0.15, 0.2) is 54.0 Å². The summed E-state index contributed by atoms with van der Waals surface area (Å²) >= 11 is 0. The maximum Gasteiger partial charge on any atom is 0.476 e. The lowest BCUT2D eigenvalue weighted by molar-refractivity contribution is -0.405. The van der Waals surface area contributed by atoms with E-state index in [0.717, 1.165) is 0 Å². The quantitative estimate of drug-likeness (QED) is 0.0991. The van der Waals surface area contributed by atoms with Gasteiger partial charge in [-0.25, -0.2) is 35.1 Å². The summed E-state index contributed by atoms with van der Waals surface area (Å²) in [7, 11) is -20.7. The Morgan fingerprint density at radius 3 is 0.582 bits per heavy atom. The summed E-state index contributed by atoms with van der Waals surface area (Å²) in [6, 6.07) is 0. The van der Waals surface area contributed by atoms with Crippen molar-refractivity contribution in [2.75, 3.05) is 109 Å². The first-order chi connectivity index (χ1) is 40.1. The molecule has 13 nitrogen and oxygen atoms in total. The van der Waals surface area contributed by atoms with Crippen molar-refractivity contribution in [3.05, 3.63) is 0 Å². The molecule has 0 aliphatic heterocycles. The van der Waals surface area contributed by atoms with E-state index < -0.39 is 157 Å². The summed E-state index contributed by atoms with van der Waals surface area (Å²) in [5.41, 5.74) is 0. The second kappa shape index (κ2) is 73.9. The third-order valence-corrected chi connectivity index (χ3v) is 3.20. The van der Waals surface area contributed by atoms with E-state index in [0.29, 0.717) is 28.7 Å². The van der Waals surface area contributed by atoms with Gasteiger partial charge in [-0.3, -0.25) is 54.1 Å². The number of hydrogen-bond donors (Lipinski definition) is 0. The molecule has 0 unspecified atom stereocenters. The fourth-order valence-corrected chi connectivity index (χ4v) is 1.23. The molecule has 0 atom stereocenters. The molecule has 0 aromatic rings. The molecule has 0 aliphatic rings. The minimum Gasteiger partial charge on any atom is -0.288 e. The number of halogens is 44. The second-order valence-electron chi connectivity index (χ2n) is 9.96. The van der Waals surface area contributed by atoms with Crippen LogP contribution < -0.4 is 0 Å². The molecule has 0 radical (unpaired) electrons. The zero-order valence-corrected chi connectivity index (χ0v) is 48.5. The van der Waals surface area contributed by atoms with E-state index in [1.807, 2.05) is 4.94 Å². The molecule has 580 valence electrons. The van der Waals surface area contributed by atoms with Crippen LogP contribution in [0.5, 0.6) is 0 Å². The van der Waals surface area contributed by atoms with Crippen molar-refractivity contribution in [1.29, 1.82) is 0 Å². The minimum atomic E-state index is -6.11. The SMILES string of the molecule is CCF.CCF.CCF.CCF.CF.CF.CF.CF.FCC(F)(F)OC(F)(F)CF.FCC(F)(F)OF.FCOC(F)(F)C(F)(F)C(F)(F)CF.FCOC(F)(F)CC(F)(F)F.FCOC(F)(F)CF.O=S(=O)(F)F.O=S(=O)(F)F.O=S(=O)(F)F.O=S(=O)(F)F. The average Bonchev–Trinajstić information content (AvgIpc) is 3.35. The highest BCUT2D eigenvalue weighted by molar-refractivity contribution is 7.81. The number of ether oxygens (including phenoxy) is 4. The first-order valence-corrected chi connectivity index (χ1v) is 24.1. The lowest BCUT2D eigenvalue weighted by Crippen LogP contribution is -2.56.